The van der Waals surface area contributed by atoms with E-state index < -0.39 is 11.7 Å². The number of aromatic nitrogens is 1. The molecule has 0 saturated heterocycles. The lowest BCUT2D eigenvalue weighted by Gasteiger charge is -2.19. The van der Waals surface area contributed by atoms with Crippen molar-refractivity contribution in [1.82, 2.24) is 4.57 Å². The molecule has 0 aliphatic rings. The van der Waals surface area contributed by atoms with E-state index in [1.807, 2.05) is 52.0 Å². The molecule has 0 aliphatic heterocycles. The Morgan fingerprint density at radius 1 is 1.33 bits per heavy atom. The molecule has 1 aromatic carbocycles. The molecular formula is C17H21NO3. The highest BCUT2D eigenvalue weighted by atomic mass is 16.6. The van der Waals surface area contributed by atoms with Crippen LogP contribution in [0, 0.1) is 5.92 Å². The first-order chi connectivity index (χ1) is 9.81. The molecule has 0 aliphatic carbocycles. The van der Waals surface area contributed by atoms with Crippen LogP contribution in [0.2, 0.25) is 0 Å². The Morgan fingerprint density at radius 2 is 2.00 bits per heavy atom. The monoisotopic (exact) mass is 287 g/mol. The number of nitrogens with zero attached hydrogens (tertiary/aromatic N) is 1. The lowest BCUT2D eigenvalue weighted by molar-refractivity contribution is -0.110. The standard InChI is InChI=1S/C17H21NO3/c1-12(11-19)9-13-10-18(16(20)21-17(2,3)4)15-8-6-5-7-14(13)15/h5-8,10-12H,9H2,1-4H3. The quantitative estimate of drug-likeness (QED) is 0.807. The largest absolute Gasteiger partial charge is 0.443 e. The van der Waals surface area contributed by atoms with Crippen molar-refractivity contribution in [2.24, 2.45) is 5.92 Å². The molecule has 112 valence electrons. The topological polar surface area (TPSA) is 48.3 Å². The number of fused-ring (bicyclic) bond motifs is 1. The highest BCUT2D eigenvalue weighted by Gasteiger charge is 2.21. The number of benzene rings is 1. The molecule has 1 aromatic heterocycles. The van der Waals surface area contributed by atoms with E-state index in [1.54, 1.807) is 6.20 Å². The van der Waals surface area contributed by atoms with Gasteiger partial charge in [0.2, 0.25) is 0 Å². The van der Waals surface area contributed by atoms with Crippen LogP contribution >= 0.6 is 0 Å². The molecule has 0 bridgehead atoms. The maximum absolute atomic E-state index is 12.3. The second kappa shape index (κ2) is 5.72. The highest BCUT2D eigenvalue weighted by Crippen LogP contribution is 2.24. The van der Waals surface area contributed by atoms with E-state index in [2.05, 4.69) is 0 Å². The average Bonchev–Trinajstić information content (AvgIpc) is 2.76. The zero-order valence-electron chi connectivity index (χ0n) is 12.9. The van der Waals surface area contributed by atoms with Gasteiger partial charge in [-0.05, 0) is 38.8 Å². The number of para-hydroxylation sites is 1. The SMILES string of the molecule is CC(C=O)Cc1cn(C(=O)OC(C)(C)C)c2ccccc12. The van der Waals surface area contributed by atoms with E-state index >= 15 is 0 Å². The zero-order valence-corrected chi connectivity index (χ0v) is 12.9. The number of hydrogen-bond donors (Lipinski definition) is 0. The summed E-state index contributed by atoms with van der Waals surface area (Å²) in [6.45, 7) is 7.39. The van der Waals surface area contributed by atoms with Gasteiger partial charge in [0.25, 0.3) is 0 Å². The van der Waals surface area contributed by atoms with E-state index in [-0.39, 0.29) is 5.92 Å². The van der Waals surface area contributed by atoms with Crippen LogP contribution in [0.1, 0.15) is 33.3 Å². The molecule has 0 N–H and O–H groups in total. The molecule has 0 radical (unpaired) electrons. The van der Waals surface area contributed by atoms with Gasteiger partial charge < -0.3 is 9.53 Å². The van der Waals surface area contributed by atoms with E-state index in [9.17, 15) is 9.59 Å². The number of rotatable bonds is 3. The molecule has 1 heterocycles. The van der Waals surface area contributed by atoms with Crippen LogP contribution < -0.4 is 0 Å². The van der Waals surface area contributed by atoms with Gasteiger partial charge in [-0.3, -0.25) is 4.57 Å². The summed E-state index contributed by atoms with van der Waals surface area (Å²) in [5.74, 6) is -0.0807. The number of carbonyl (C=O) groups is 2. The van der Waals surface area contributed by atoms with Crippen molar-refractivity contribution in [2.45, 2.75) is 39.7 Å². The summed E-state index contributed by atoms with van der Waals surface area (Å²) in [5, 5.41) is 0.983. The molecule has 0 saturated carbocycles. The van der Waals surface area contributed by atoms with Gasteiger partial charge in [0.05, 0.1) is 5.52 Å². The normalized spacial score (nSPS) is 13.1. The van der Waals surface area contributed by atoms with Gasteiger partial charge >= 0.3 is 6.09 Å². The predicted molar refractivity (Wildman–Crippen MR) is 82.5 cm³/mol. The third kappa shape index (κ3) is 3.51. The minimum atomic E-state index is -0.543. The molecule has 21 heavy (non-hydrogen) atoms. The smallest absolute Gasteiger partial charge is 0.419 e. The average molecular weight is 287 g/mol. The van der Waals surface area contributed by atoms with Crippen molar-refractivity contribution < 1.29 is 14.3 Å². The summed E-state index contributed by atoms with van der Waals surface area (Å²) in [5.41, 5.74) is 1.24. The fraction of sp³-hybridized carbons (Fsp3) is 0.412. The highest BCUT2D eigenvalue weighted by molar-refractivity contribution is 5.92. The number of carbonyl (C=O) groups excluding carboxylic acids is 2. The van der Waals surface area contributed by atoms with Gasteiger partial charge in [0.1, 0.15) is 11.9 Å². The van der Waals surface area contributed by atoms with Gasteiger partial charge in [-0.15, -0.1) is 0 Å². The molecule has 0 fully saturated rings. The Hall–Kier alpha value is -2.10. The summed E-state index contributed by atoms with van der Waals surface area (Å²) in [4.78, 5) is 23.2. The lowest BCUT2D eigenvalue weighted by atomic mass is 10.0. The second-order valence-electron chi connectivity index (χ2n) is 6.34. The molecule has 1 atom stereocenters. The number of hydrogen-bond acceptors (Lipinski definition) is 3. The van der Waals surface area contributed by atoms with Gasteiger partial charge in [0.15, 0.2) is 0 Å². The van der Waals surface area contributed by atoms with Crippen molar-refractivity contribution in [1.29, 1.82) is 0 Å². The Kier molecular flexibility index (Phi) is 4.16. The Balaban J connectivity index is 2.45. The van der Waals surface area contributed by atoms with Crippen molar-refractivity contribution in [2.75, 3.05) is 0 Å². The van der Waals surface area contributed by atoms with Gasteiger partial charge in [0, 0.05) is 17.5 Å². The zero-order chi connectivity index (χ0) is 15.6. The summed E-state index contributed by atoms with van der Waals surface area (Å²) >= 11 is 0. The Morgan fingerprint density at radius 3 is 2.62 bits per heavy atom. The van der Waals surface area contributed by atoms with Crippen molar-refractivity contribution >= 4 is 23.3 Å². The first-order valence-electron chi connectivity index (χ1n) is 7.09. The first kappa shape index (κ1) is 15.3. The second-order valence-corrected chi connectivity index (χ2v) is 6.34. The summed E-state index contributed by atoms with van der Waals surface area (Å²) in [7, 11) is 0. The van der Waals surface area contributed by atoms with Crippen LogP contribution in [0.25, 0.3) is 10.9 Å². The summed E-state index contributed by atoms with van der Waals surface area (Å²) < 4.78 is 6.95. The number of ether oxygens (including phenoxy) is 1. The minimum absolute atomic E-state index is 0.0807. The predicted octanol–water partition coefficient (Wildman–Crippen LogP) is 3.80. The van der Waals surface area contributed by atoms with Crippen molar-refractivity contribution in [3.05, 3.63) is 36.0 Å². The molecular weight excluding hydrogens is 266 g/mol. The van der Waals surface area contributed by atoms with Crippen LogP contribution in [0.3, 0.4) is 0 Å². The van der Waals surface area contributed by atoms with Crippen molar-refractivity contribution in [3.63, 3.8) is 0 Å². The third-order valence-corrected chi connectivity index (χ3v) is 3.16. The van der Waals surface area contributed by atoms with E-state index in [4.69, 9.17) is 4.74 Å². The third-order valence-electron chi connectivity index (χ3n) is 3.16. The van der Waals surface area contributed by atoms with Crippen molar-refractivity contribution in [3.8, 4) is 0 Å². The van der Waals surface area contributed by atoms with Gasteiger partial charge in [-0.1, -0.05) is 25.1 Å². The maximum Gasteiger partial charge on any atom is 0.419 e. The minimum Gasteiger partial charge on any atom is -0.443 e. The lowest BCUT2D eigenvalue weighted by Crippen LogP contribution is -2.26. The Bertz CT molecular complexity index is 664. The molecule has 2 aromatic rings. The van der Waals surface area contributed by atoms with Crippen LogP contribution in [0.15, 0.2) is 30.5 Å². The molecule has 4 nitrogen and oxygen atoms in total. The first-order valence-corrected chi connectivity index (χ1v) is 7.09. The van der Waals surface area contributed by atoms with E-state index in [1.165, 1.54) is 4.57 Å². The molecule has 1 unspecified atom stereocenters. The molecule has 4 heteroatoms. The van der Waals surface area contributed by atoms with Crippen LogP contribution in [-0.2, 0) is 16.0 Å². The van der Waals surface area contributed by atoms with Crippen LogP contribution in [-0.4, -0.2) is 22.5 Å². The van der Waals surface area contributed by atoms with E-state index in [0.717, 1.165) is 22.8 Å². The number of aldehydes is 1. The molecule has 0 amide bonds. The fourth-order valence-corrected chi connectivity index (χ4v) is 2.27. The summed E-state index contributed by atoms with van der Waals surface area (Å²) in [6.07, 6.45) is 2.92. The molecule has 2 rings (SSSR count). The summed E-state index contributed by atoms with van der Waals surface area (Å²) in [6, 6.07) is 7.66. The van der Waals surface area contributed by atoms with E-state index in [0.29, 0.717) is 6.42 Å². The fourth-order valence-electron chi connectivity index (χ4n) is 2.27. The maximum atomic E-state index is 12.3. The van der Waals surface area contributed by atoms with Crippen LogP contribution in [0.5, 0.6) is 0 Å². The van der Waals surface area contributed by atoms with Gasteiger partial charge in [-0.25, -0.2) is 4.79 Å². The van der Waals surface area contributed by atoms with Gasteiger partial charge in [-0.2, -0.15) is 0 Å². The Labute approximate surface area is 124 Å². The van der Waals surface area contributed by atoms with Crippen LogP contribution in [0.4, 0.5) is 4.79 Å². The molecule has 0 spiro atoms.